The van der Waals surface area contributed by atoms with Crippen LogP contribution in [0.1, 0.15) is 48.1 Å². The Balaban J connectivity index is 1.60. The minimum absolute atomic E-state index is 0.201. The van der Waals surface area contributed by atoms with Gasteiger partial charge in [-0.3, -0.25) is 0 Å². The Morgan fingerprint density at radius 3 is 2.68 bits per heavy atom. The van der Waals surface area contributed by atoms with Gasteiger partial charge >= 0.3 is 0 Å². The third-order valence-corrected chi connectivity index (χ3v) is 5.70. The Kier molecular flexibility index (Phi) is 5.09. The topological polar surface area (TPSA) is 91.2 Å². The molecule has 0 spiro atoms. The molecule has 2 unspecified atom stereocenters. The fourth-order valence-corrected chi connectivity index (χ4v) is 3.96. The SMILES string of the molecule is Cc1cc(Nc2ncc(F)c(C3CC3)n2)cc(-c2cnc(C(O)C(C)O)s2)c1. The summed E-state index contributed by atoms with van der Waals surface area (Å²) in [7, 11) is 0. The zero-order chi connectivity index (χ0) is 19.8. The van der Waals surface area contributed by atoms with Crippen molar-refractivity contribution in [1.29, 1.82) is 0 Å². The van der Waals surface area contributed by atoms with E-state index in [0.29, 0.717) is 16.6 Å². The molecule has 0 bridgehead atoms. The highest BCUT2D eigenvalue weighted by Gasteiger charge is 2.28. The van der Waals surface area contributed by atoms with Crippen LogP contribution >= 0.6 is 11.3 Å². The first kappa shape index (κ1) is 18.9. The normalized spacial score (nSPS) is 16.0. The van der Waals surface area contributed by atoms with Gasteiger partial charge in [0, 0.05) is 17.8 Å². The molecule has 2 heterocycles. The number of aryl methyl sites for hydroxylation is 1. The minimum atomic E-state index is -1.00. The molecule has 0 radical (unpaired) electrons. The van der Waals surface area contributed by atoms with Crippen LogP contribution in [-0.4, -0.2) is 31.3 Å². The Morgan fingerprint density at radius 1 is 1.18 bits per heavy atom. The summed E-state index contributed by atoms with van der Waals surface area (Å²) in [6, 6.07) is 5.90. The van der Waals surface area contributed by atoms with E-state index in [0.717, 1.165) is 34.5 Å². The molecule has 1 aromatic carbocycles. The summed E-state index contributed by atoms with van der Waals surface area (Å²) in [5, 5.41) is 23.2. The standard InChI is InChI=1S/C20H21FN4O2S/c1-10-5-13(16-9-22-19(28-16)18(27)11(2)26)7-14(6-10)24-20-23-8-15(21)17(25-20)12-3-4-12/h5-9,11-12,18,26-27H,3-4H2,1-2H3,(H,23,24,25). The predicted molar refractivity (Wildman–Crippen MR) is 106 cm³/mol. The molecule has 3 aromatic rings. The van der Waals surface area contributed by atoms with Crippen molar-refractivity contribution in [2.24, 2.45) is 0 Å². The highest BCUT2D eigenvalue weighted by molar-refractivity contribution is 7.15. The van der Waals surface area contributed by atoms with Gasteiger partial charge in [-0.1, -0.05) is 6.07 Å². The second-order valence-corrected chi connectivity index (χ2v) is 8.22. The molecule has 2 aromatic heterocycles. The van der Waals surface area contributed by atoms with E-state index in [4.69, 9.17) is 0 Å². The quantitative estimate of drug-likeness (QED) is 0.577. The highest BCUT2D eigenvalue weighted by Crippen LogP contribution is 2.40. The minimum Gasteiger partial charge on any atom is -0.390 e. The van der Waals surface area contributed by atoms with Crippen molar-refractivity contribution >= 4 is 23.0 Å². The van der Waals surface area contributed by atoms with Gasteiger partial charge in [-0.05, 0) is 49.9 Å². The molecule has 1 fully saturated rings. The summed E-state index contributed by atoms with van der Waals surface area (Å²) in [6.45, 7) is 3.50. The number of aromatic nitrogens is 3. The zero-order valence-corrected chi connectivity index (χ0v) is 16.4. The van der Waals surface area contributed by atoms with E-state index < -0.39 is 12.2 Å². The number of hydrogen-bond donors (Lipinski definition) is 3. The second kappa shape index (κ2) is 7.54. The summed E-state index contributed by atoms with van der Waals surface area (Å²) in [5.74, 6) is 0.216. The number of benzene rings is 1. The van der Waals surface area contributed by atoms with E-state index in [1.165, 1.54) is 24.5 Å². The molecule has 8 heteroatoms. The fraction of sp³-hybridized carbons (Fsp3) is 0.350. The number of aliphatic hydroxyl groups is 2. The summed E-state index contributed by atoms with van der Waals surface area (Å²) in [5.41, 5.74) is 3.21. The lowest BCUT2D eigenvalue weighted by Gasteiger charge is -2.10. The van der Waals surface area contributed by atoms with Gasteiger partial charge in [0.2, 0.25) is 5.95 Å². The largest absolute Gasteiger partial charge is 0.390 e. The van der Waals surface area contributed by atoms with Crippen molar-refractivity contribution < 1.29 is 14.6 Å². The first-order valence-corrected chi connectivity index (χ1v) is 9.95. The van der Waals surface area contributed by atoms with Crippen LogP contribution in [0.2, 0.25) is 0 Å². The molecule has 1 aliphatic carbocycles. The van der Waals surface area contributed by atoms with Crippen molar-refractivity contribution in [1.82, 2.24) is 15.0 Å². The monoisotopic (exact) mass is 400 g/mol. The van der Waals surface area contributed by atoms with Crippen LogP contribution in [0.4, 0.5) is 16.0 Å². The van der Waals surface area contributed by atoms with Crippen molar-refractivity contribution in [3.8, 4) is 10.4 Å². The third kappa shape index (κ3) is 4.04. The molecule has 4 rings (SSSR count). The first-order chi connectivity index (χ1) is 13.4. The molecule has 1 saturated carbocycles. The third-order valence-electron chi connectivity index (χ3n) is 4.59. The van der Waals surface area contributed by atoms with E-state index in [9.17, 15) is 14.6 Å². The van der Waals surface area contributed by atoms with Gasteiger partial charge < -0.3 is 15.5 Å². The van der Waals surface area contributed by atoms with Gasteiger partial charge in [-0.25, -0.2) is 19.3 Å². The Hall–Kier alpha value is -2.42. The Morgan fingerprint density at radius 2 is 1.96 bits per heavy atom. The molecule has 6 nitrogen and oxygen atoms in total. The molecule has 28 heavy (non-hydrogen) atoms. The number of halogens is 1. The van der Waals surface area contributed by atoms with Crippen molar-refractivity contribution in [2.75, 3.05) is 5.32 Å². The van der Waals surface area contributed by atoms with Crippen LogP contribution < -0.4 is 5.32 Å². The summed E-state index contributed by atoms with van der Waals surface area (Å²) < 4.78 is 13.9. The summed E-state index contributed by atoms with van der Waals surface area (Å²) in [4.78, 5) is 13.5. The summed E-state index contributed by atoms with van der Waals surface area (Å²) in [6.07, 6.45) is 2.94. The van der Waals surface area contributed by atoms with Crippen LogP contribution in [0.15, 0.2) is 30.6 Å². The number of aliphatic hydroxyl groups excluding tert-OH is 2. The molecule has 0 aliphatic heterocycles. The molecule has 146 valence electrons. The maximum Gasteiger partial charge on any atom is 0.227 e. The number of hydrogen-bond acceptors (Lipinski definition) is 7. The van der Waals surface area contributed by atoms with Gasteiger partial charge in [0.15, 0.2) is 5.82 Å². The van der Waals surface area contributed by atoms with Crippen LogP contribution in [-0.2, 0) is 0 Å². The highest BCUT2D eigenvalue weighted by atomic mass is 32.1. The maximum absolute atomic E-state index is 13.9. The van der Waals surface area contributed by atoms with Crippen LogP contribution in [0, 0.1) is 12.7 Å². The van der Waals surface area contributed by atoms with E-state index in [2.05, 4.69) is 20.3 Å². The van der Waals surface area contributed by atoms with Crippen LogP contribution in [0.3, 0.4) is 0 Å². The van der Waals surface area contributed by atoms with Crippen molar-refractivity contribution in [3.05, 3.63) is 52.7 Å². The fourth-order valence-electron chi connectivity index (χ4n) is 2.97. The van der Waals surface area contributed by atoms with Crippen LogP contribution in [0.25, 0.3) is 10.4 Å². The molecule has 1 aliphatic rings. The number of anilines is 2. The number of nitrogens with one attached hydrogen (secondary N) is 1. The average molecular weight is 400 g/mol. The maximum atomic E-state index is 13.9. The van der Waals surface area contributed by atoms with Crippen molar-refractivity contribution in [2.45, 2.75) is 44.8 Å². The van der Waals surface area contributed by atoms with E-state index in [1.54, 1.807) is 6.20 Å². The van der Waals surface area contributed by atoms with Crippen molar-refractivity contribution in [3.63, 3.8) is 0 Å². The Labute approximate surface area is 166 Å². The Bertz CT molecular complexity index is 1000. The van der Waals surface area contributed by atoms with Gasteiger partial charge in [0.25, 0.3) is 0 Å². The lowest BCUT2D eigenvalue weighted by atomic mass is 10.1. The lowest BCUT2D eigenvalue weighted by Crippen LogP contribution is -2.13. The predicted octanol–water partition coefficient (Wildman–Crippen LogP) is 4.08. The van der Waals surface area contributed by atoms with E-state index in [-0.39, 0.29) is 11.7 Å². The van der Waals surface area contributed by atoms with Gasteiger partial charge in [-0.15, -0.1) is 11.3 Å². The molecule has 3 N–H and O–H groups in total. The molecular formula is C20H21FN4O2S. The lowest BCUT2D eigenvalue weighted by molar-refractivity contribution is 0.0304. The van der Waals surface area contributed by atoms with E-state index in [1.807, 2.05) is 25.1 Å². The average Bonchev–Trinajstić information content (AvgIpc) is 3.38. The number of rotatable bonds is 6. The first-order valence-electron chi connectivity index (χ1n) is 9.14. The summed E-state index contributed by atoms with van der Waals surface area (Å²) >= 11 is 1.33. The van der Waals surface area contributed by atoms with Gasteiger partial charge in [0.05, 0.1) is 22.9 Å². The molecule has 0 amide bonds. The molecule has 2 atom stereocenters. The molecule has 0 saturated heterocycles. The van der Waals surface area contributed by atoms with Gasteiger partial charge in [0.1, 0.15) is 11.1 Å². The van der Waals surface area contributed by atoms with Crippen LogP contribution in [0.5, 0.6) is 0 Å². The van der Waals surface area contributed by atoms with E-state index >= 15 is 0 Å². The number of nitrogens with zero attached hydrogens (tertiary/aromatic N) is 3. The second-order valence-electron chi connectivity index (χ2n) is 7.16. The molecular weight excluding hydrogens is 379 g/mol. The zero-order valence-electron chi connectivity index (χ0n) is 15.6. The van der Waals surface area contributed by atoms with Gasteiger partial charge in [-0.2, -0.15) is 0 Å². The smallest absolute Gasteiger partial charge is 0.227 e. The number of thiazole rings is 1.